The first-order chi connectivity index (χ1) is 8.97. The summed E-state index contributed by atoms with van der Waals surface area (Å²) >= 11 is 0. The molecule has 0 saturated heterocycles. The van der Waals surface area contributed by atoms with Crippen LogP contribution in [-0.4, -0.2) is 24.4 Å². The zero-order valence-corrected chi connectivity index (χ0v) is 11.3. The fourth-order valence-corrected chi connectivity index (χ4v) is 1.90. The number of nitrogens with two attached hydrogens (primary N) is 2. The molecular weight excluding hydrogens is 242 g/mol. The minimum Gasteiger partial charge on any atom is -0.368 e. The maximum Gasteiger partial charge on any atom is 0.240 e. The van der Waals surface area contributed by atoms with Gasteiger partial charge in [0.25, 0.3) is 0 Å². The van der Waals surface area contributed by atoms with Gasteiger partial charge in [-0.05, 0) is 11.5 Å². The highest BCUT2D eigenvalue weighted by molar-refractivity contribution is 5.90. The van der Waals surface area contributed by atoms with E-state index in [4.69, 9.17) is 11.5 Å². The summed E-state index contributed by atoms with van der Waals surface area (Å²) in [7, 11) is 0. The lowest BCUT2D eigenvalue weighted by molar-refractivity contribution is -0.129. The van der Waals surface area contributed by atoms with E-state index >= 15 is 0 Å². The van der Waals surface area contributed by atoms with E-state index in [0.717, 1.165) is 5.56 Å². The number of primary amides is 1. The summed E-state index contributed by atoms with van der Waals surface area (Å²) < 4.78 is 0. The van der Waals surface area contributed by atoms with Crippen molar-refractivity contribution in [2.75, 3.05) is 6.54 Å². The van der Waals surface area contributed by atoms with E-state index in [1.165, 1.54) is 0 Å². The normalized spacial score (nSPS) is 13.9. The van der Waals surface area contributed by atoms with Crippen LogP contribution in [0.1, 0.15) is 25.3 Å². The van der Waals surface area contributed by atoms with E-state index in [-0.39, 0.29) is 18.4 Å². The highest BCUT2D eigenvalue weighted by Crippen LogP contribution is 2.15. The summed E-state index contributed by atoms with van der Waals surface area (Å²) in [6, 6.07) is 8.57. The molecule has 5 N–H and O–H groups in total. The van der Waals surface area contributed by atoms with Crippen molar-refractivity contribution in [2.24, 2.45) is 17.4 Å². The van der Waals surface area contributed by atoms with Crippen LogP contribution < -0.4 is 16.8 Å². The van der Waals surface area contributed by atoms with Gasteiger partial charge in [0.2, 0.25) is 11.8 Å². The summed E-state index contributed by atoms with van der Waals surface area (Å²) in [4.78, 5) is 23.5. The molecule has 104 valence electrons. The first-order valence-electron chi connectivity index (χ1n) is 6.32. The standard InChI is InChI=1S/C14H21N3O2/c1-9(2)12(13(16)18)17-14(19)11(8-15)10-6-4-3-5-7-10/h3-7,9,11-12H,8,15H2,1-2H3,(H2,16,18)(H,17,19). The molecule has 5 heteroatoms. The van der Waals surface area contributed by atoms with E-state index < -0.39 is 17.9 Å². The van der Waals surface area contributed by atoms with E-state index in [9.17, 15) is 9.59 Å². The zero-order valence-electron chi connectivity index (χ0n) is 11.3. The summed E-state index contributed by atoms with van der Waals surface area (Å²) in [5.41, 5.74) is 11.8. The summed E-state index contributed by atoms with van der Waals surface area (Å²) in [6.07, 6.45) is 0. The molecule has 0 saturated carbocycles. The molecule has 0 bridgehead atoms. The van der Waals surface area contributed by atoms with Gasteiger partial charge in [0.05, 0.1) is 5.92 Å². The highest BCUT2D eigenvalue weighted by Gasteiger charge is 2.26. The van der Waals surface area contributed by atoms with Crippen LogP contribution in [0.25, 0.3) is 0 Å². The Morgan fingerprint density at radius 1 is 1.21 bits per heavy atom. The molecule has 1 rings (SSSR count). The molecule has 1 aromatic rings. The third-order valence-electron chi connectivity index (χ3n) is 3.03. The Morgan fingerprint density at radius 3 is 2.21 bits per heavy atom. The summed E-state index contributed by atoms with van der Waals surface area (Å²) in [6.45, 7) is 3.84. The van der Waals surface area contributed by atoms with Crippen LogP contribution in [0, 0.1) is 5.92 Å². The van der Waals surface area contributed by atoms with Crippen molar-refractivity contribution in [1.29, 1.82) is 0 Å². The van der Waals surface area contributed by atoms with Crippen LogP contribution in [0.2, 0.25) is 0 Å². The third kappa shape index (κ3) is 4.06. The van der Waals surface area contributed by atoms with E-state index in [1.54, 1.807) is 0 Å². The smallest absolute Gasteiger partial charge is 0.240 e. The fraction of sp³-hybridized carbons (Fsp3) is 0.429. The molecular formula is C14H21N3O2. The minimum absolute atomic E-state index is 0.0596. The second kappa shape index (κ2) is 6.89. The molecule has 0 aliphatic carbocycles. The zero-order chi connectivity index (χ0) is 14.4. The molecule has 0 fully saturated rings. The Morgan fingerprint density at radius 2 is 1.79 bits per heavy atom. The average Bonchev–Trinajstić information content (AvgIpc) is 2.37. The fourth-order valence-electron chi connectivity index (χ4n) is 1.90. The summed E-state index contributed by atoms with van der Waals surface area (Å²) in [5.74, 6) is -1.34. The largest absolute Gasteiger partial charge is 0.368 e. The number of carbonyl (C=O) groups is 2. The van der Waals surface area contributed by atoms with Crippen LogP contribution in [-0.2, 0) is 9.59 Å². The average molecular weight is 263 g/mol. The topological polar surface area (TPSA) is 98.2 Å². The Hall–Kier alpha value is -1.88. The molecule has 0 aliphatic heterocycles. The molecule has 0 radical (unpaired) electrons. The molecule has 5 nitrogen and oxygen atoms in total. The molecule has 2 atom stereocenters. The van der Waals surface area contributed by atoms with Gasteiger partial charge in [-0.15, -0.1) is 0 Å². The lowest BCUT2D eigenvalue weighted by Gasteiger charge is -2.22. The quantitative estimate of drug-likeness (QED) is 0.691. The van der Waals surface area contributed by atoms with Gasteiger partial charge < -0.3 is 16.8 Å². The van der Waals surface area contributed by atoms with Crippen LogP contribution in [0.15, 0.2) is 30.3 Å². The first kappa shape index (κ1) is 15.2. The molecule has 19 heavy (non-hydrogen) atoms. The summed E-state index contributed by atoms with van der Waals surface area (Å²) in [5, 5.41) is 2.67. The molecule has 0 aliphatic rings. The van der Waals surface area contributed by atoms with Crippen molar-refractivity contribution in [3.05, 3.63) is 35.9 Å². The molecule has 0 spiro atoms. The van der Waals surface area contributed by atoms with Crippen LogP contribution >= 0.6 is 0 Å². The maximum absolute atomic E-state index is 12.2. The number of hydrogen-bond acceptors (Lipinski definition) is 3. The minimum atomic E-state index is -0.676. The SMILES string of the molecule is CC(C)C(NC(=O)C(CN)c1ccccc1)C(N)=O. The van der Waals surface area contributed by atoms with Crippen molar-refractivity contribution >= 4 is 11.8 Å². The van der Waals surface area contributed by atoms with Gasteiger partial charge in [0, 0.05) is 6.54 Å². The van der Waals surface area contributed by atoms with Crippen LogP contribution in [0.5, 0.6) is 0 Å². The lowest BCUT2D eigenvalue weighted by atomic mass is 9.96. The first-order valence-corrected chi connectivity index (χ1v) is 6.32. The number of amides is 2. The monoisotopic (exact) mass is 263 g/mol. The highest BCUT2D eigenvalue weighted by atomic mass is 16.2. The predicted octanol–water partition coefficient (Wildman–Crippen LogP) is 0.355. The number of rotatable bonds is 6. The Kier molecular flexibility index (Phi) is 5.51. The Bertz CT molecular complexity index is 432. The van der Waals surface area contributed by atoms with Crippen molar-refractivity contribution in [1.82, 2.24) is 5.32 Å². The number of benzene rings is 1. The molecule has 0 aromatic heterocycles. The number of carbonyl (C=O) groups excluding carboxylic acids is 2. The number of nitrogens with one attached hydrogen (secondary N) is 1. The van der Waals surface area contributed by atoms with Crippen LogP contribution in [0.4, 0.5) is 0 Å². The maximum atomic E-state index is 12.2. The van der Waals surface area contributed by atoms with Gasteiger partial charge in [-0.3, -0.25) is 9.59 Å². The van der Waals surface area contributed by atoms with Gasteiger partial charge >= 0.3 is 0 Å². The molecule has 2 amide bonds. The van der Waals surface area contributed by atoms with Crippen molar-refractivity contribution in [3.63, 3.8) is 0 Å². The predicted molar refractivity (Wildman–Crippen MR) is 74.2 cm³/mol. The molecule has 0 heterocycles. The van der Waals surface area contributed by atoms with Gasteiger partial charge in [0.15, 0.2) is 0 Å². The van der Waals surface area contributed by atoms with E-state index in [2.05, 4.69) is 5.32 Å². The van der Waals surface area contributed by atoms with E-state index in [1.807, 2.05) is 44.2 Å². The van der Waals surface area contributed by atoms with Gasteiger partial charge in [-0.25, -0.2) is 0 Å². The van der Waals surface area contributed by atoms with Crippen molar-refractivity contribution in [3.8, 4) is 0 Å². The third-order valence-corrected chi connectivity index (χ3v) is 3.03. The second-order valence-electron chi connectivity index (χ2n) is 4.83. The van der Waals surface area contributed by atoms with Crippen LogP contribution in [0.3, 0.4) is 0 Å². The van der Waals surface area contributed by atoms with Gasteiger partial charge in [-0.2, -0.15) is 0 Å². The number of hydrogen-bond donors (Lipinski definition) is 3. The van der Waals surface area contributed by atoms with Gasteiger partial charge in [0.1, 0.15) is 6.04 Å². The van der Waals surface area contributed by atoms with Crippen molar-refractivity contribution < 1.29 is 9.59 Å². The second-order valence-corrected chi connectivity index (χ2v) is 4.83. The van der Waals surface area contributed by atoms with E-state index in [0.29, 0.717) is 0 Å². The van der Waals surface area contributed by atoms with Crippen molar-refractivity contribution in [2.45, 2.75) is 25.8 Å². The Balaban J connectivity index is 2.83. The lowest BCUT2D eigenvalue weighted by Crippen LogP contribution is -2.49. The molecule has 2 unspecified atom stereocenters. The Labute approximate surface area is 113 Å². The molecule has 1 aromatic carbocycles. The van der Waals surface area contributed by atoms with Gasteiger partial charge in [-0.1, -0.05) is 44.2 Å².